The molecule has 0 saturated heterocycles. The number of hydrogen-bond acceptors (Lipinski definition) is 3. The number of benzene rings is 2. The van der Waals surface area contributed by atoms with Crippen molar-refractivity contribution < 1.29 is 0 Å². The van der Waals surface area contributed by atoms with Crippen LogP contribution in [0.15, 0.2) is 70.5 Å². The molecule has 3 heterocycles. The first-order valence-electron chi connectivity index (χ1n) is 9.28. The van der Waals surface area contributed by atoms with Gasteiger partial charge in [0, 0.05) is 41.9 Å². The van der Waals surface area contributed by atoms with Crippen LogP contribution in [0.3, 0.4) is 0 Å². The molecule has 0 aliphatic rings. The summed E-state index contributed by atoms with van der Waals surface area (Å²) in [6.45, 7) is 0.987. The predicted octanol–water partition coefficient (Wildman–Crippen LogP) is 2.56. The second-order valence-electron chi connectivity index (χ2n) is 7.37. The van der Waals surface area contributed by atoms with Gasteiger partial charge in [0.15, 0.2) is 0 Å². The maximum atomic E-state index is 13.3. The van der Waals surface area contributed by atoms with Gasteiger partial charge in [0.25, 0.3) is 5.56 Å². The molecule has 0 bridgehead atoms. The van der Waals surface area contributed by atoms with Crippen LogP contribution in [-0.2, 0) is 6.54 Å². The van der Waals surface area contributed by atoms with E-state index in [1.165, 1.54) is 4.57 Å². The minimum atomic E-state index is -0.278. The van der Waals surface area contributed by atoms with Gasteiger partial charge in [0.1, 0.15) is 0 Å². The van der Waals surface area contributed by atoms with E-state index in [4.69, 9.17) is 0 Å². The zero-order valence-electron chi connectivity index (χ0n) is 15.8. The Morgan fingerprint density at radius 1 is 0.893 bits per heavy atom. The molecule has 5 rings (SSSR count). The van der Waals surface area contributed by atoms with Gasteiger partial charge in [-0.15, -0.1) is 0 Å². The van der Waals surface area contributed by atoms with Gasteiger partial charge in [-0.2, -0.15) is 0 Å². The highest BCUT2D eigenvalue weighted by Gasteiger charge is 2.18. The van der Waals surface area contributed by atoms with Crippen LogP contribution in [-0.4, -0.2) is 39.1 Å². The van der Waals surface area contributed by atoms with E-state index in [2.05, 4.69) is 6.07 Å². The summed E-state index contributed by atoms with van der Waals surface area (Å²) >= 11 is 0. The Morgan fingerprint density at radius 2 is 1.64 bits per heavy atom. The van der Waals surface area contributed by atoms with E-state index in [0.717, 1.165) is 22.0 Å². The normalized spacial score (nSPS) is 12.1. The highest BCUT2D eigenvalue weighted by Crippen LogP contribution is 2.30. The molecule has 0 atom stereocenters. The molecule has 6 heteroatoms. The van der Waals surface area contributed by atoms with Crippen molar-refractivity contribution in [2.24, 2.45) is 0 Å². The fourth-order valence-corrected chi connectivity index (χ4v) is 3.95. The van der Waals surface area contributed by atoms with Crippen molar-refractivity contribution in [1.29, 1.82) is 0 Å². The number of fused-ring (bicyclic) bond motifs is 3. The summed E-state index contributed by atoms with van der Waals surface area (Å²) in [5, 5.41) is 2.48. The molecule has 0 spiro atoms. The van der Waals surface area contributed by atoms with Crippen LogP contribution in [0.25, 0.3) is 32.9 Å². The first-order valence-corrected chi connectivity index (χ1v) is 9.28. The molecule has 0 saturated carbocycles. The zero-order valence-corrected chi connectivity index (χ0v) is 15.8. The lowest BCUT2D eigenvalue weighted by atomic mass is 10.1. The van der Waals surface area contributed by atoms with Crippen molar-refractivity contribution in [1.82, 2.24) is 18.4 Å². The molecule has 28 heavy (non-hydrogen) atoms. The van der Waals surface area contributed by atoms with Crippen molar-refractivity contribution >= 4 is 27.2 Å². The van der Waals surface area contributed by atoms with Crippen LogP contribution in [0.5, 0.6) is 0 Å². The number of nitrogens with zero attached hydrogens (tertiary/aromatic N) is 4. The quantitative estimate of drug-likeness (QED) is 0.487. The summed E-state index contributed by atoms with van der Waals surface area (Å²) in [5.74, 6) is 0. The van der Waals surface area contributed by atoms with E-state index < -0.39 is 0 Å². The van der Waals surface area contributed by atoms with Gasteiger partial charge >= 0.3 is 5.69 Å². The molecule has 0 N–H and O–H groups in total. The van der Waals surface area contributed by atoms with Gasteiger partial charge in [-0.25, -0.2) is 4.79 Å². The Labute approximate surface area is 160 Å². The monoisotopic (exact) mass is 372 g/mol. The van der Waals surface area contributed by atoms with Crippen LogP contribution in [0.2, 0.25) is 0 Å². The third-order valence-corrected chi connectivity index (χ3v) is 5.34. The Hall–Kier alpha value is -3.38. The summed E-state index contributed by atoms with van der Waals surface area (Å²) < 4.78 is 5.07. The molecular formula is C22H20N4O2. The van der Waals surface area contributed by atoms with E-state index in [-0.39, 0.29) is 11.2 Å². The molecule has 6 nitrogen and oxygen atoms in total. The molecule has 0 amide bonds. The lowest BCUT2D eigenvalue weighted by Gasteiger charge is -2.12. The SMILES string of the molecule is CN(C)CCn1c(=O)c2cccc3c4cc(-n5cccc5)ccc4n(c1=O)c23. The fourth-order valence-electron chi connectivity index (χ4n) is 3.95. The van der Waals surface area contributed by atoms with Gasteiger partial charge in [0.05, 0.1) is 16.4 Å². The zero-order chi connectivity index (χ0) is 19.4. The van der Waals surface area contributed by atoms with Crippen LogP contribution >= 0.6 is 0 Å². The number of aromatic nitrogens is 3. The summed E-state index contributed by atoms with van der Waals surface area (Å²) in [5.41, 5.74) is 2.05. The van der Waals surface area contributed by atoms with Crippen LogP contribution in [0, 0.1) is 0 Å². The number of hydrogen-bond donors (Lipinski definition) is 0. The highest BCUT2D eigenvalue weighted by molar-refractivity contribution is 6.13. The molecule has 3 aromatic heterocycles. The van der Waals surface area contributed by atoms with Gasteiger partial charge < -0.3 is 9.47 Å². The summed E-state index contributed by atoms with van der Waals surface area (Å²) in [6, 6.07) is 15.7. The smallest absolute Gasteiger partial charge is 0.324 e. The third kappa shape index (κ3) is 2.31. The summed E-state index contributed by atoms with van der Waals surface area (Å²) in [7, 11) is 3.86. The maximum absolute atomic E-state index is 13.3. The topological polar surface area (TPSA) is 51.6 Å². The van der Waals surface area contributed by atoms with Crippen LogP contribution < -0.4 is 11.2 Å². The first kappa shape index (κ1) is 16.8. The van der Waals surface area contributed by atoms with Crippen molar-refractivity contribution in [3.8, 4) is 5.69 Å². The molecular weight excluding hydrogens is 352 g/mol. The fraction of sp³-hybridized carbons (Fsp3) is 0.182. The maximum Gasteiger partial charge on any atom is 0.336 e. The minimum absolute atomic E-state index is 0.224. The Kier molecular flexibility index (Phi) is 3.64. The molecule has 0 radical (unpaired) electrons. The van der Waals surface area contributed by atoms with E-state index in [0.29, 0.717) is 24.0 Å². The standard InChI is InChI=1S/C22H20N4O2/c1-23(2)12-13-25-21(27)17-7-5-6-16-18-14-15(24-10-3-4-11-24)8-9-19(18)26(20(16)17)22(25)28/h3-11,14H,12-13H2,1-2H3. The Balaban J connectivity index is 1.89. The van der Waals surface area contributed by atoms with Crippen molar-refractivity contribution in [3.05, 3.63) is 81.8 Å². The lowest BCUT2D eigenvalue weighted by Crippen LogP contribution is -2.39. The predicted molar refractivity (Wildman–Crippen MR) is 112 cm³/mol. The lowest BCUT2D eigenvalue weighted by molar-refractivity contribution is 0.376. The van der Waals surface area contributed by atoms with Gasteiger partial charge in [-0.05, 0) is 50.5 Å². The minimum Gasteiger partial charge on any atom is -0.324 e. The molecule has 0 aliphatic heterocycles. The number of likely N-dealkylation sites (N-methyl/N-ethyl adjacent to an activating group) is 1. The van der Waals surface area contributed by atoms with Gasteiger partial charge in [-0.3, -0.25) is 13.8 Å². The average molecular weight is 372 g/mol. The average Bonchev–Trinajstić information content (AvgIpc) is 3.32. The third-order valence-electron chi connectivity index (χ3n) is 5.34. The van der Waals surface area contributed by atoms with Crippen molar-refractivity contribution in [3.63, 3.8) is 0 Å². The number of para-hydroxylation sites is 1. The van der Waals surface area contributed by atoms with Gasteiger partial charge in [0.2, 0.25) is 0 Å². The largest absolute Gasteiger partial charge is 0.336 e. The Bertz CT molecular complexity index is 1430. The molecule has 2 aromatic carbocycles. The van der Waals surface area contributed by atoms with E-state index >= 15 is 0 Å². The van der Waals surface area contributed by atoms with Crippen LogP contribution in [0.1, 0.15) is 0 Å². The molecule has 0 aliphatic carbocycles. The Morgan fingerprint density at radius 3 is 2.39 bits per heavy atom. The van der Waals surface area contributed by atoms with E-state index in [1.54, 1.807) is 4.40 Å². The molecule has 5 aromatic rings. The molecule has 140 valence electrons. The second kappa shape index (κ2) is 6.07. The molecule has 0 unspecified atom stereocenters. The molecule has 0 fully saturated rings. The summed E-state index contributed by atoms with van der Waals surface area (Å²) in [4.78, 5) is 28.3. The highest BCUT2D eigenvalue weighted by atomic mass is 16.2. The summed E-state index contributed by atoms with van der Waals surface area (Å²) in [6.07, 6.45) is 3.98. The van der Waals surface area contributed by atoms with Gasteiger partial charge in [-0.1, -0.05) is 12.1 Å². The van der Waals surface area contributed by atoms with Crippen molar-refractivity contribution in [2.45, 2.75) is 6.54 Å². The van der Waals surface area contributed by atoms with E-state index in [9.17, 15) is 9.59 Å². The van der Waals surface area contributed by atoms with Crippen molar-refractivity contribution in [2.75, 3.05) is 20.6 Å². The van der Waals surface area contributed by atoms with E-state index in [1.807, 2.05) is 78.4 Å². The first-order chi connectivity index (χ1) is 13.6. The van der Waals surface area contributed by atoms with Crippen LogP contribution in [0.4, 0.5) is 0 Å². The number of rotatable bonds is 4. The second-order valence-corrected chi connectivity index (χ2v) is 7.37.